The fourth-order valence-corrected chi connectivity index (χ4v) is 11.7. The molecule has 0 atom stereocenters. The summed E-state index contributed by atoms with van der Waals surface area (Å²) in [6, 6.07) is 33.5. The summed E-state index contributed by atoms with van der Waals surface area (Å²) in [5, 5.41) is 2.71. The highest BCUT2D eigenvalue weighted by atomic mass is 16.1. The van der Waals surface area contributed by atoms with Crippen molar-refractivity contribution in [3.8, 4) is 11.4 Å². The lowest BCUT2D eigenvalue weighted by molar-refractivity contribution is 0.435. The van der Waals surface area contributed by atoms with E-state index in [0.717, 1.165) is 38.8 Å². The number of benzene rings is 5. The molecule has 3 saturated carbocycles. The molecule has 3 aliphatic rings. The maximum atomic E-state index is 15.2. The van der Waals surface area contributed by atoms with E-state index in [1.165, 1.54) is 124 Å². The molecule has 0 unspecified atom stereocenters. The molecule has 0 saturated heterocycles. The van der Waals surface area contributed by atoms with Crippen LogP contribution >= 0.6 is 0 Å². The molecule has 4 heteroatoms. The second-order valence-electron chi connectivity index (χ2n) is 21.6. The van der Waals surface area contributed by atoms with Crippen LogP contribution in [-0.2, 0) is 10.8 Å². The molecule has 7 aromatic rings. The molecule has 0 amide bonds. The van der Waals surface area contributed by atoms with Crippen molar-refractivity contribution in [2.75, 3.05) is 0 Å². The van der Waals surface area contributed by atoms with Crippen molar-refractivity contribution in [1.29, 1.82) is 0 Å². The summed E-state index contributed by atoms with van der Waals surface area (Å²) in [7, 11) is 0. The van der Waals surface area contributed by atoms with Gasteiger partial charge in [0.15, 0.2) is 10.9 Å². The van der Waals surface area contributed by atoms with Crippen LogP contribution in [0.5, 0.6) is 0 Å². The van der Waals surface area contributed by atoms with E-state index in [4.69, 9.17) is 0 Å². The standard InChI is InChI=1S/C58H66N2O2/c1-57(2,3)42-25-29-45-51(33-42)59(44-27-22-39(23-28-44)37-16-10-7-11-17-37)53-35-49-54(36-48(53)55(45)61)60(52-34-43(58(4,5)6)26-30-46(52)56(49)62)50-31-24-41(38-18-12-8-13-19-38)32-47(50)40-20-14-9-15-21-40/h22-38,40H,7-21H2,1-6H3. The van der Waals surface area contributed by atoms with Crippen LogP contribution in [0.2, 0.25) is 0 Å². The normalized spacial score (nSPS) is 17.8. The Hall–Kier alpha value is -4.96. The van der Waals surface area contributed by atoms with E-state index < -0.39 is 0 Å². The average molecular weight is 823 g/mol. The fraction of sp³-hybridized carbons (Fsp3) is 0.448. The first kappa shape index (κ1) is 41.1. The predicted octanol–water partition coefficient (Wildman–Crippen LogP) is 15.3. The highest BCUT2D eigenvalue weighted by molar-refractivity contribution is 6.05. The topological polar surface area (TPSA) is 44.0 Å². The molecular formula is C58H66N2O2. The van der Waals surface area contributed by atoms with Gasteiger partial charge in [-0.1, -0.05) is 136 Å². The maximum Gasteiger partial charge on any atom is 0.197 e. The van der Waals surface area contributed by atoms with Gasteiger partial charge in [-0.2, -0.15) is 0 Å². The fourth-order valence-electron chi connectivity index (χ4n) is 11.7. The van der Waals surface area contributed by atoms with Crippen LogP contribution in [0.25, 0.3) is 55.0 Å². The van der Waals surface area contributed by atoms with Crippen molar-refractivity contribution in [3.05, 3.63) is 139 Å². The molecule has 2 aromatic heterocycles. The first-order chi connectivity index (χ1) is 29.8. The minimum atomic E-state index is -0.116. The molecule has 10 rings (SSSR count). The third-order valence-corrected chi connectivity index (χ3v) is 15.4. The van der Waals surface area contributed by atoms with Gasteiger partial charge in [0.1, 0.15) is 0 Å². The first-order valence-corrected chi connectivity index (χ1v) is 24.3. The Morgan fingerprint density at radius 3 is 1.32 bits per heavy atom. The van der Waals surface area contributed by atoms with Crippen LogP contribution in [-0.4, -0.2) is 9.13 Å². The number of fused-ring (bicyclic) bond motifs is 4. The number of nitrogens with zero attached hydrogens (tertiary/aromatic N) is 2. The van der Waals surface area contributed by atoms with E-state index >= 15 is 9.59 Å². The Balaban J connectivity index is 1.30. The van der Waals surface area contributed by atoms with Gasteiger partial charge in [-0.3, -0.25) is 9.59 Å². The summed E-state index contributed by atoms with van der Waals surface area (Å²) < 4.78 is 4.67. The molecule has 320 valence electrons. The van der Waals surface area contributed by atoms with Crippen LogP contribution in [0.3, 0.4) is 0 Å². The van der Waals surface area contributed by atoms with Crippen molar-refractivity contribution < 1.29 is 0 Å². The van der Waals surface area contributed by atoms with E-state index in [0.29, 0.717) is 33.9 Å². The van der Waals surface area contributed by atoms with Gasteiger partial charge in [0, 0.05) is 32.9 Å². The van der Waals surface area contributed by atoms with E-state index in [2.05, 4.69) is 136 Å². The van der Waals surface area contributed by atoms with E-state index in [-0.39, 0.29) is 21.7 Å². The molecule has 3 fully saturated rings. The first-order valence-electron chi connectivity index (χ1n) is 24.3. The van der Waals surface area contributed by atoms with Crippen LogP contribution in [0.15, 0.2) is 101 Å². The van der Waals surface area contributed by atoms with Crippen LogP contribution in [0, 0.1) is 0 Å². The van der Waals surface area contributed by atoms with Crippen molar-refractivity contribution in [3.63, 3.8) is 0 Å². The second kappa shape index (κ2) is 16.0. The zero-order valence-electron chi connectivity index (χ0n) is 38.2. The number of aromatic nitrogens is 2. The second-order valence-corrected chi connectivity index (χ2v) is 21.6. The molecule has 0 spiro atoms. The highest BCUT2D eigenvalue weighted by Crippen LogP contribution is 2.43. The van der Waals surface area contributed by atoms with Gasteiger partial charge >= 0.3 is 0 Å². The molecular weight excluding hydrogens is 757 g/mol. The summed E-state index contributed by atoms with van der Waals surface area (Å²) in [5.41, 5.74) is 12.0. The lowest BCUT2D eigenvalue weighted by Crippen LogP contribution is -2.18. The lowest BCUT2D eigenvalue weighted by atomic mass is 9.79. The van der Waals surface area contributed by atoms with Gasteiger partial charge in [0.25, 0.3) is 0 Å². The smallest absolute Gasteiger partial charge is 0.197 e. The summed E-state index contributed by atoms with van der Waals surface area (Å²) in [4.78, 5) is 30.4. The molecule has 0 aliphatic heterocycles. The molecule has 2 heterocycles. The number of hydrogen-bond acceptors (Lipinski definition) is 2. The van der Waals surface area contributed by atoms with Crippen molar-refractivity contribution in [1.82, 2.24) is 9.13 Å². The van der Waals surface area contributed by atoms with Crippen LogP contribution in [0.1, 0.15) is 183 Å². The van der Waals surface area contributed by atoms with E-state index in [1.807, 2.05) is 6.07 Å². The summed E-state index contributed by atoms with van der Waals surface area (Å²) >= 11 is 0. The minimum Gasteiger partial charge on any atom is -0.309 e. The van der Waals surface area contributed by atoms with Crippen molar-refractivity contribution in [2.45, 2.75) is 166 Å². The summed E-state index contributed by atoms with van der Waals surface area (Å²) in [6.07, 6.45) is 19.0. The van der Waals surface area contributed by atoms with Gasteiger partial charge < -0.3 is 9.13 Å². The maximum absolute atomic E-state index is 15.2. The quantitative estimate of drug-likeness (QED) is 0.162. The van der Waals surface area contributed by atoms with Crippen LogP contribution in [0.4, 0.5) is 0 Å². The number of pyridine rings is 2. The third kappa shape index (κ3) is 7.33. The van der Waals surface area contributed by atoms with Gasteiger partial charge in [0.05, 0.1) is 22.1 Å². The van der Waals surface area contributed by atoms with Gasteiger partial charge in [-0.25, -0.2) is 0 Å². The lowest BCUT2D eigenvalue weighted by Gasteiger charge is -2.29. The zero-order chi connectivity index (χ0) is 42.9. The SMILES string of the molecule is CC(C)(C)c1ccc2c(=O)c3cc4c(cc3n(-c3ccc(C5CCCCC5)cc3)c2c1)c(=O)c1ccc(C(C)(C)C)cc1n4-c1ccc(C2CCCCC2)cc1C1CCCCC1. The highest BCUT2D eigenvalue weighted by Gasteiger charge is 2.27. The van der Waals surface area contributed by atoms with Crippen molar-refractivity contribution in [2.24, 2.45) is 0 Å². The van der Waals surface area contributed by atoms with E-state index in [1.54, 1.807) is 0 Å². The molecule has 5 aromatic carbocycles. The predicted molar refractivity (Wildman–Crippen MR) is 263 cm³/mol. The largest absolute Gasteiger partial charge is 0.309 e. The summed E-state index contributed by atoms with van der Waals surface area (Å²) in [6.45, 7) is 13.4. The van der Waals surface area contributed by atoms with Crippen LogP contribution < -0.4 is 10.9 Å². The Morgan fingerprint density at radius 2 is 0.823 bits per heavy atom. The Kier molecular flexibility index (Phi) is 10.6. The molecule has 3 aliphatic carbocycles. The third-order valence-electron chi connectivity index (χ3n) is 15.4. The monoisotopic (exact) mass is 823 g/mol. The Bertz CT molecular complexity index is 2950. The molecule has 0 radical (unpaired) electrons. The number of rotatable bonds is 5. The van der Waals surface area contributed by atoms with Gasteiger partial charge in [-0.15, -0.1) is 0 Å². The molecule has 4 nitrogen and oxygen atoms in total. The van der Waals surface area contributed by atoms with Gasteiger partial charge in [0.2, 0.25) is 0 Å². The molecule has 0 N–H and O–H groups in total. The average Bonchev–Trinajstić information content (AvgIpc) is 3.29. The Morgan fingerprint density at radius 1 is 0.403 bits per heavy atom. The zero-order valence-corrected chi connectivity index (χ0v) is 38.2. The van der Waals surface area contributed by atoms with E-state index in [9.17, 15) is 0 Å². The molecule has 62 heavy (non-hydrogen) atoms. The minimum absolute atomic E-state index is 0.00937. The molecule has 0 bridgehead atoms. The van der Waals surface area contributed by atoms with Gasteiger partial charge in [-0.05, 0) is 150 Å². The number of hydrogen-bond donors (Lipinski definition) is 0. The Labute approximate surface area is 368 Å². The summed E-state index contributed by atoms with van der Waals surface area (Å²) in [5.74, 6) is 1.65. The van der Waals surface area contributed by atoms with Crippen molar-refractivity contribution >= 4 is 43.6 Å².